The summed E-state index contributed by atoms with van der Waals surface area (Å²) in [5, 5.41) is 14.0. The molecule has 0 saturated carbocycles. The minimum absolute atomic E-state index is 0.102. The summed E-state index contributed by atoms with van der Waals surface area (Å²) in [6.45, 7) is 2.36. The summed E-state index contributed by atoms with van der Waals surface area (Å²) in [4.78, 5) is 13.2. The van der Waals surface area contributed by atoms with E-state index >= 15 is 0 Å². The lowest BCUT2D eigenvalue weighted by atomic mass is 10.2. The molecular formula is C12H18N4O2. The van der Waals surface area contributed by atoms with E-state index < -0.39 is 0 Å². The van der Waals surface area contributed by atoms with Crippen LogP contribution in [0.15, 0.2) is 29.4 Å². The van der Waals surface area contributed by atoms with Crippen LogP contribution in [0.1, 0.15) is 12.0 Å². The smallest absolute Gasteiger partial charge is 0.321 e. The van der Waals surface area contributed by atoms with Crippen molar-refractivity contribution in [2.24, 2.45) is 10.9 Å². The molecule has 0 aliphatic rings. The van der Waals surface area contributed by atoms with Crippen LogP contribution in [0.5, 0.6) is 0 Å². The fraction of sp³-hybridized carbons (Fsp3) is 0.333. The Kier molecular flexibility index (Phi) is 4.98. The van der Waals surface area contributed by atoms with Crippen molar-refractivity contribution in [2.75, 3.05) is 18.9 Å². The van der Waals surface area contributed by atoms with Crippen LogP contribution in [0.2, 0.25) is 0 Å². The van der Waals surface area contributed by atoms with Gasteiger partial charge in [0.15, 0.2) is 0 Å². The molecule has 4 N–H and O–H groups in total. The molecular weight excluding hydrogens is 232 g/mol. The van der Waals surface area contributed by atoms with Crippen LogP contribution in [0.3, 0.4) is 0 Å². The second-order valence-electron chi connectivity index (χ2n) is 4.06. The van der Waals surface area contributed by atoms with Gasteiger partial charge in [-0.1, -0.05) is 22.9 Å². The van der Waals surface area contributed by atoms with E-state index in [1.165, 1.54) is 4.90 Å². The maximum absolute atomic E-state index is 11.8. The Hall–Kier alpha value is -2.24. The molecule has 98 valence electrons. The molecule has 6 heteroatoms. The summed E-state index contributed by atoms with van der Waals surface area (Å²) >= 11 is 0. The SMILES string of the molecule is Cc1ccc(NC(=O)N(C)CC/C(N)=N/O)cc1. The molecule has 6 nitrogen and oxygen atoms in total. The van der Waals surface area contributed by atoms with Gasteiger partial charge in [0.1, 0.15) is 5.84 Å². The number of hydrogen-bond acceptors (Lipinski definition) is 3. The van der Waals surface area contributed by atoms with Crippen LogP contribution in [-0.4, -0.2) is 35.6 Å². The summed E-state index contributed by atoms with van der Waals surface area (Å²) in [5.41, 5.74) is 7.20. The Bertz CT molecular complexity index is 428. The Morgan fingerprint density at radius 1 is 1.44 bits per heavy atom. The summed E-state index contributed by atoms with van der Waals surface area (Å²) in [6, 6.07) is 7.29. The minimum atomic E-state index is -0.232. The maximum Gasteiger partial charge on any atom is 0.321 e. The average molecular weight is 250 g/mol. The van der Waals surface area contributed by atoms with Crippen LogP contribution < -0.4 is 11.1 Å². The molecule has 1 aromatic rings. The van der Waals surface area contributed by atoms with E-state index in [0.717, 1.165) is 11.3 Å². The molecule has 0 radical (unpaired) electrons. The summed E-state index contributed by atoms with van der Waals surface area (Å²) < 4.78 is 0. The molecule has 0 atom stereocenters. The predicted molar refractivity (Wildman–Crippen MR) is 70.9 cm³/mol. The van der Waals surface area contributed by atoms with Crippen LogP contribution in [0, 0.1) is 6.92 Å². The van der Waals surface area contributed by atoms with Gasteiger partial charge in [-0.15, -0.1) is 0 Å². The van der Waals surface area contributed by atoms with E-state index in [2.05, 4.69) is 10.5 Å². The molecule has 1 rings (SSSR count). The first-order valence-corrected chi connectivity index (χ1v) is 5.58. The van der Waals surface area contributed by atoms with Gasteiger partial charge in [-0.2, -0.15) is 0 Å². The van der Waals surface area contributed by atoms with Crippen LogP contribution in [0.4, 0.5) is 10.5 Å². The first-order valence-electron chi connectivity index (χ1n) is 5.58. The number of urea groups is 1. The van der Waals surface area contributed by atoms with Gasteiger partial charge < -0.3 is 21.2 Å². The first kappa shape index (κ1) is 13.8. The number of nitrogens with zero attached hydrogens (tertiary/aromatic N) is 2. The van der Waals surface area contributed by atoms with Crippen LogP contribution in [0.25, 0.3) is 0 Å². The number of nitrogens with two attached hydrogens (primary N) is 1. The fourth-order valence-corrected chi connectivity index (χ4v) is 1.29. The normalized spacial score (nSPS) is 11.1. The molecule has 1 aromatic carbocycles. The number of hydrogen-bond donors (Lipinski definition) is 3. The van der Waals surface area contributed by atoms with E-state index in [-0.39, 0.29) is 11.9 Å². The van der Waals surface area contributed by atoms with Gasteiger partial charge in [-0.05, 0) is 19.1 Å². The highest BCUT2D eigenvalue weighted by molar-refractivity contribution is 5.89. The minimum Gasteiger partial charge on any atom is -0.409 e. The zero-order chi connectivity index (χ0) is 13.5. The van der Waals surface area contributed by atoms with Crippen molar-refractivity contribution in [1.29, 1.82) is 0 Å². The highest BCUT2D eigenvalue weighted by atomic mass is 16.4. The van der Waals surface area contributed by atoms with E-state index in [0.29, 0.717) is 13.0 Å². The lowest BCUT2D eigenvalue weighted by molar-refractivity contribution is 0.223. The van der Waals surface area contributed by atoms with Crippen molar-refractivity contribution in [3.8, 4) is 0 Å². The third kappa shape index (κ3) is 4.32. The quantitative estimate of drug-likeness (QED) is 0.328. The van der Waals surface area contributed by atoms with Gasteiger partial charge in [-0.25, -0.2) is 4.79 Å². The van der Waals surface area contributed by atoms with Crippen molar-refractivity contribution in [2.45, 2.75) is 13.3 Å². The number of oxime groups is 1. The number of rotatable bonds is 4. The zero-order valence-corrected chi connectivity index (χ0v) is 10.6. The number of carbonyl (C=O) groups excluding carboxylic acids is 1. The van der Waals surface area contributed by atoms with Gasteiger partial charge >= 0.3 is 6.03 Å². The maximum atomic E-state index is 11.8. The molecule has 0 aliphatic carbocycles. The number of carbonyl (C=O) groups is 1. The summed E-state index contributed by atoms with van der Waals surface area (Å²) in [5.74, 6) is 0.102. The van der Waals surface area contributed by atoms with Gasteiger partial charge in [-0.3, -0.25) is 0 Å². The number of anilines is 1. The fourth-order valence-electron chi connectivity index (χ4n) is 1.29. The van der Waals surface area contributed by atoms with Crippen molar-refractivity contribution in [3.63, 3.8) is 0 Å². The molecule has 0 saturated heterocycles. The Morgan fingerprint density at radius 2 is 2.06 bits per heavy atom. The van der Waals surface area contributed by atoms with Crippen molar-refractivity contribution in [1.82, 2.24) is 4.90 Å². The van der Waals surface area contributed by atoms with Crippen molar-refractivity contribution >= 4 is 17.6 Å². The average Bonchev–Trinajstić information content (AvgIpc) is 2.38. The number of amides is 2. The first-order chi connectivity index (χ1) is 8.52. The molecule has 0 spiro atoms. The van der Waals surface area contributed by atoms with Crippen molar-refractivity contribution in [3.05, 3.63) is 29.8 Å². The molecule has 0 bridgehead atoms. The van der Waals surface area contributed by atoms with Crippen molar-refractivity contribution < 1.29 is 10.0 Å². The Labute approximate surface area is 106 Å². The molecule has 2 amide bonds. The second kappa shape index (κ2) is 6.48. The molecule has 0 unspecified atom stereocenters. The highest BCUT2D eigenvalue weighted by Gasteiger charge is 2.09. The lowest BCUT2D eigenvalue weighted by Gasteiger charge is -2.17. The lowest BCUT2D eigenvalue weighted by Crippen LogP contribution is -2.34. The van der Waals surface area contributed by atoms with E-state index in [4.69, 9.17) is 10.9 Å². The summed E-state index contributed by atoms with van der Waals surface area (Å²) in [7, 11) is 1.65. The topological polar surface area (TPSA) is 91.0 Å². The Balaban J connectivity index is 2.47. The third-order valence-electron chi connectivity index (χ3n) is 2.48. The number of amidine groups is 1. The second-order valence-corrected chi connectivity index (χ2v) is 4.06. The van der Waals surface area contributed by atoms with Crippen LogP contribution >= 0.6 is 0 Å². The molecule has 0 aliphatic heterocycles. The standard InChI is InChI=1S/C12H18N4O2/c1-9-3-5-10(6-4-9)14-12(17)16(2)8-7-11(13)15-18/h3-6,18H,7-8H2,1-2H3,(H2,13,15)(H,14,17). The van der Waals surface area contributed by atoms with Gasteiger partial charge in [0.2, 0.25) is 0 Å². The van der Waals surface area contributed by atoms with E-state index in [1.54, 1.807) is 7.05 Å². The zero-order valence-electron chi connectivity index (χ0n) is 10.6. The van der Waals surface area contributed by atoms with E-state index in [9.17, 15) is 4.79 Å². The molecule has 0 aromatic heterocycles. The third-order valence-corrected chi connectivity index (χ3v) is 2.48. The van der Waals surface area contributed by atoms with Gasteiger partial charge in [0.05, 0.1) is 0 Å². The molecule has 0 heterocycles. The highest BCUT2D eigenvalue weighted by Crippen LogP contribution is 2.09. The summed E-state index contributed by atoms with van der Waals surface area (Å²) in [6.07, 6.45) is 0.328. The monoisotopic (exact) mass is 250 g/mol. The number of aryl methyl sites for hydroxylation is 1. The largest absolute Gasteiger partial charge is 0.409 e. The Morgan fingerprint density at radius 3 is 2.61 bits per heavy atom. The van der Waals surface area contributed by atoms with Gasteiger partial charge in [0.25, 0.3) is 0 Å². The van der Waals surface area contributed by atoms with Gasteiger partial charge in [0, 0.05) is 25.7 Å². The predicted octanol–water partition coefficient (Wildman–Crippen LogP) is 1.60. The number of benzene rings is 1. The molecule has 18 heavy (non-hydrogen) atoms. The van der Waals surface area contributed by atoms with Crippen LogP contribution in [-0.2, 0) is 0 Å². The number of nitrogens with one attached hydrogen (secondary N) is 1. The molecule has 0 fully saturated rings. The van der Waals surface area contributed by atoms with E-state index in [1.807, 2.05) is 31.2 Å².